The topological polar surface area (TPSA) is 60.2 Å². The maximum absolute atomic E-state index is 11.8. The van der Waals surface area contributed by atoms with Crippen LogP contribution in [0.4, 0.5) is 5.69 Å². The van der Waals surface area contributed by atoms with E-state index < -0.39 is 0 Å². The first-order valence-electron chi connectivity index (χ1n) is 6.71. The maximum atomic E-state index is 11.8. The minimum atomic E-state index is 0.00987. The number of pyridine rings is 1. The SMILES string of the molecule is N#Cc1cc(N2C3CCC2CN(C(=O)CCl)C3)ccn1. The molecule has 0 aliphatic carbocycles. The summed E-state index contributed by atoms with van der Waals surface area (Å²) in [5.41, 5.74) is 1.46. The Bertz CT molecular complexity index is 557. The second-order valence-corrected chi connectivity index (χ2v) is 5.50. The van der Waals surface area contributed by atoms with Crippen molar-refractivity contribution in [3.8, 4) is 6.07 Å². The van der Waals surface area contributed by atoms with Gasteiger partial charge in [-0.1, -0.05) is 0 Å². The number of carbonyl (C=O) groups excluding carboxylic acids is 1. The first-order chi connectivity index (χ1) is 9.72. The number of hydrogen-bond acceptors (Lipinski definition) is 4. The molecule has 0 radical (unpaired) electrons. The highest BCUT2D eigenvalue weighted by atomic mass is 35.5. The van der Waals surface area contributed by atoms with Gasteiger partial charge in [-0.05, 0) is 25.0 Å². The number of aromatic nitrogens is 1. The van der Waals surface area contributed by atoms with Crippen molar-refractivity contribution in [3.05, 3.63) is 24.0 Å². The molecular formula is C14H15ClN4O. The van der Waals surface area contributed by atoms with E-state index in [1.54, 1.807) is 6.20 Å². The molecule has 3 rings (SSSR count). The summed E-state index contributed by atoms with van der Waals surface area (Å²) in [5, 5.41) is 8.96. The number of likely N-dealkylation sites (tertiary alicyclic amines) is 1. The van der Waals surface area contributed by atoms with Gasteiger partial charge in [0.05, 0.1) is 0 Å². The van der Waals surface area contributed by atoms with Crippen molar-refractivity contribution in [2.45, 2.75) is 24.9 Å². The molecule has 2 unspecified atom stereocenters. The molecule has 1 aromatic rings. The van der Waals surface area contributed by atoms with Gasteiger partial charge < -0.3 is 9.80 Å². The molecule has 0 aromatic carbocycles. The molecule has 104 valence electrons. The monoisotopic (exact) mass is 290 g/mol. The number of carbonyl (C=O) groups is 1. The van der Waals surface area contributed by atoms with E-state index >= 15 is 0 Å². The maximum Gasteiger partial charge on any atom is 0.237 e. The molecule has 0 saturated carbocycles. The molecule has 1 aromatic heterocycles. The summed E-state index contributed by atoms with van der Waals surface area (Å²) in [5.74, 6) is 0.0588. The predicted octanol–water partition coefficient (Wildman–Crippen LogP) is 1.37. The molecule has 2 atom stereocenters. The van der Waals surface area contributed by atoms with Gasteiger partial charge in [0, 0.05) is 37.1 Å². The van der Waals surface area contributed by atoms with E-state index in [9.17, 15) is 4.79 Å². The summed E-state index contributed by atoms with van der Waals surface area (Å²) < 4.78 is 0. The molecule has 2 bridgehead atoms. The van der Waals surface area contributed by atoms with E-state index in [4.69, 9.17) is 16.9 Å². The number of nitrogens with zero attached hydrogens (tertiary/aromatic N) is 4. The van der Waals surface area contributed by atoms with Gasteiger partial charge >= 0.3 is 0 Å². The highest BCUT2D eigenvalue weighted by Gasteiger charge is 2.41. The fraction of sp³-hybridized carbons (Fsp3) is 0.500. The molecule has 2 aliphatic heterocycles. The van der Waals surface area contributed by atoms with Gasteiger partial charge in [0.25, 0.3) is 0 Å². The highest BCUT2D eigenvalue weighted by molar-refractivity contribution is 6.27. The number of alkyl halides is 1. The lowest BCUT2D eigenvalue weighted by molar-refractivity contribution is -0.129. The predicted molar refractivity (Wildman–Crippen MR) is 75.5 cm³/mol. The fourth-order valence-corrected chi connectivity index (χ4v) is 3.42. The third-order valence-corrected chi connectivity index (χ3v) is 4.33. The largest absolute Gasteiger partial charge is 0.362 e. The summed E-state index contributed by atoms with van der Waals surface area (Å²) in [6.07, 6.45) is 3.81. The Morgan fingerprint density at radius 3 is 2.75 bits per heavy atom. The average molecular weight is 291 g/mol. The van der Waals surface area contributed by atoms with E-state index in [1.165, 1.54) is 0 Å². The van der Waals surface area contributed by atoms with Gasteiger partial charge in [0.15, 0.2) is 0 Å². The van der Waals surface area contributed by atoms with Crippen LogP contribution in [-0.2, 0) is 4.79 Å². The van der Waals surface area contributed by atoms with Crippen molar-refractivity contribution in [2.24, 2.45) is 0 Å². The number of amides is 1. The number of nitriles is 1. The summed E-state index contributed by atoms with van der Waals surface area (Å²) in [4.78, 5) is 20.0. The zero-order valence-corrected chi connectivity index (χ0v) is 11.8. The summed E-state index contributed by atoms with van der Waals surface area (Å²) >= 11 is 5.65. The van der Waals surface area contributed by atoms with Gasteiger partial charge in [-0.25, -0.2) is 4.98 Å². The second-order valence-electron chi connectivity index (χ2n) is 5.24. The van der Waals surface area contributed by atoms with E-state index in [-0.39, 0.29) is 11.8 Å². The van der Waals surface area contributed by atoms with Crippen LogP contribution < -0.4 is 4.90 Å². The molecule has 0 N–H and O–H groups in total. The minimum Gasteiger partial charge on any atom is -0.362 e. The molecule has 0 spiro atoms. The summed E-state index contributed by atoms with van der Waals surface area (Å²) in [7, 11) is 0. The van der Waals surface area contributed by atoms with Crippen LogP contribution in [0.3, 0.4) is 0 Å². The van der Waals surface area contributed by atoms with Gasteiger partial charge in [0.1, 0.15) is 17.6 Å². The number of fused-ring (bicyclic) bond motifs is 2. The third kappa shape index (κ3) is 2.20. The molecule has 20 heavy (non-hydrogen) atoms. The minimum absolute atomic E-state index is 0.00987. The van der Waals surface area contributed by atoms with E-state index in [0.29, 0.717) is 30.9 Å². The van der Waals surface area contributed by atoms with Crippen molar-refractivity contribution in [1.82, 2.24) is 9.88 Å². The van der Waals surface area contributed by atoms with Crippen LogP contribution in [0.5, 0.6) is 0 Å². The number of hydrogen-bond donors (Lipinski definition) is 0. The molecule has 1 amide bonds. The van der Waals surface area contributed by atoms with E-state index in [0.717, 1.165) is 18.5 Å². The smallest absolute Gasteiger partial charge is 0.237 e. The number of rotatable bonds is 2. The van der Waals surface area contributed by atoms with Crippen LogP contribution in [0.15, 0.2) is 18.3 Å². The molecule has 2 fully saturated rings. The molecule has 2 saturated heterocycles. The van der Waals surface area contributed by atoms with Gasteiger partial charge in [0.2, 0.25) is 5.91 Å². The van der Waals surface area contributed by atoms with Crippen molar-refractivity contribution in [3.63, 3.8) is 0 Å². The standard InChI is InChI=1S/C14H15ClN4O/c15-6-14(20)18-8-12-1-2-13(9-18)19(12)11-3-4-17-10(5-11)7-16/h3-5,12-13H,1-2,6,8-9H2. The fourth-order valence-electron chi connectivity index (χ4n) is 3.25. The number of halogens is 1. The van der Waals surface area contributed by atoms with Gasteiger partial charge in [-0.15, -0.1) is 11.6 Å². The molecule has 6 heteroatoms. The quantitative estimate of drug-likeness (QED) is 0.772. The Morgan fingerprint density at radius 1 is 1.45 bits per heavy atom. The summed E-state index contributed by atoms with van der Waals surface area (Å²) in [6, 6.07) is 6.46. The van der Waals surface area contributed by atoms with Crippen LogP contribution in [0, 0.1) is 11.3 Å². The lowest BCUT2D eigenvalue weighted by Gasteiger charge is -2.42. The molecule has 2 aliphatic rings. The zero-order valence-electron chi connectivity index (χ0n) is 11.0. The Balaban J connectivity index is 1.83. The highest BCUT2D eigenvalue weighted by Crippen LogP contribution is 2.34. The molecular weight excluding hydrogens is 276 g/mol. The van der Waals surface area contributed by atoms with E-state index in [1.807, 2.05) is 17.0 Å². The van der Waals surface area contributed by atoms with Crippen molar-refractivity contribution in [2.75, 3.05) is 23.9 Å². The lowest BCUT2D eigenvalue weighted by atomic mass is 10.1. The molecule has 5 nitrogen and oxygen atoms in total. The van der Waals surface area contributed by atoms with Crippen LogP contribution >= 0.6 is 11.6 Å². The zero-order chi connectivity index (χ0) is 14.1. The van der Waals surface area contributed by atoms with Gasteiger partial charge in [-0.2, -0.15) is 5.26 Å². The Morgan fingerprint density at radius 2 is 2.15 bits per heavy atom. The van der Waals surface area contributed by atoms with E-state index in [2.05, 4.69) is 16.0 Å². The van der Waals surface area contributed by atoms with Gasteiger partial charge in [-0.3, -0.25) is 4.79 Å². The van der Waals surface area contributed by atoms with Crippen molar-refractivity contribution in [1.29, 1.82) is 5.26 Å². The first kappa shape index (κ1) is 13.2. The van der Waals surface area contributed by atoms with Crippen LogP contribution in [0.2, 0.25) is 0 Å². The normalized spacial score (nSPS) is 24.6. The third-order valence-electron chi connectivity index (χ3n) is 4.11. The second kappa shape index (κ2) is 5.29. The Kier molecular flexibility index (Phi) is 3.49. The van der Waals surface area contributed by atoms with Crippen molar-refractivity contribution < 1.29 is 4.79 Å². The average Bonchev–Trinajstić information content (AvgIpc) is 2.76. The first-order valence-corrected chi connectivity index (χ1v) is 7.24. The number of anilines is 1. The van der Waals surface area contributed by atoms with Crippen molar-refractivity contribution >= 4 is 23.2 Å². The Labute approximate surface area is 122 Å². The lowest BCUT2D eigenvalue weighted by Crippen LogP contribution is -2.55. The molecule has 3 heterocycles. The Hall–Kier alpha value is -1.80. The summed E-state index contributed by atoms with van der Waals surface area (Å²) in [6.45, 7) is 1.43. The van der Waals surface area contributed by atoms with Crippen LogP contribution in [0.1, 0.15) is 18.5 Å². The number of piperazine rings is 1. The van der Waals surface area contributed by atoms with Crippen LogP contribution in [0.25, 0.3) is 0 Å². The van der Waals surface area contributed by atoms with Crippen LogP contribution in [-0.4, -0.2) is 46.8 Å².